The van der Waals surface area contributed by atoms with E-state index in [1.165, 1.54) is 6.92 Å². The van der Waals surface area contributed by atoms with Gasteiger partial charge in [0.15, 0.2) is 0 Å². The van der Waals surface area contributed by atoms with E-state index >= 15 is 0 Å². The number of hydrogen-bond donors (Lipinski definition) is 0. The maximum atomic E-state index is 13.0. The third-order valence-electron chi connectivity index (χ3n) is 2.09. The van der Waals surface area contributed by atoms with E-state index in [1.807, 2.05) is 0 Å². The molecule has 1 heterocycles. The highest BCUT2D eigenvalue weighted by Gasteiger charge is 2.28. The minimum atomic E-state index is -3.00. The van der Waals surface area contributed by atoms with Crippen LogP contribution in [0.2, 0.25) is 0 Å². The largest absolute Gasteiger partial charge is 0.481 e. The van der Waals surface area contributed by atoms with Gasteiger partial charge in [-0.25, -0.2) is 18.6 Å². The van der Waals surface area contributed by atoms with Crippen LogP contribution in [-0.2, 0) is 4.74 Å². The van der Waals surface area contributed by atoms with Crippen molar-refractivity contribution in [3.8, 4) is 11.9 Å². The number of carbonyl (C=O) groups is 1. The van der Waals surface area contributed by atoms with Crippen LogP contribution < -0.4 is 4.74 Å². The van der Waals surface area contributed by atoms with Gasteiger partial charge >= 0.3 is 5.97 Å². The molecule has 1 aromatic heterocycles. The summed E-state index contributed by atoms with van der Waals surface area (Å²) in [6.45, 7) is 1.54. The number of aromatic nitrogens is 1. The van der Waals surface area contributed by atoms with E-state index in [0.29, 0.717) is 0 Å². The number of alkyl halides is 2. The number of halogens is 2. The molecule has 96 valence electrons. The summed E-state index contributed by atoms with van der Waals surface area (Å²) in [6, 6.07) is 1.63. The minimum absolute atomic E-state index is 0.0109. The highest BCUT2D eigenvalue weighted by molar-refractivity contribution is 5.94. The zero-order valence-corrected chi connectivity index (χ0v) is 9.74. The van der Waals surface area contributed by atoms with E-state index < -0.39 is 29.4 Å². The molecule has 1 rings (SSSR count). The van der Waals surface area contributed by atoms with E-state index in [4.69, 9.17) is 5.26 Å². The fourth-order valence-electron chi connectivity index (χ4n) is 1.38. The first-order valence-corrected chi connectivity index (χ1v) is 4.99. The van der Waals surface area contributed by atoms with Gasteiger partial charge in [-0.1, -0.05) is 0 Å². The van der Waals surface area contributed by atoms with Crippen molar-refractivity contribution >= 4 is 5.97 Å². The molecule has 0 atom stereocenters. The smallest absolute Gasteiger partial charge is 0.340 e. The molecule has 0 spiro atoms. The second-order valence-corrected chi connectivity index (χ2v) is 3.10. The van der Waals surface area contributed by atoms with Crippen molar-refractivity contribution in [1.29, 1.82) is 5.26 Å². The van der Waals surface area contributed by atoms with Gasteiger partial charge in [0.25, 0.3) is 6.43 Å². The molecule has 1 aromatic rings. The molecule has 18 heavy (non-hydrogen) atoms. The Morgan fingerprint density at radius 1 is 1.61 bits per heavy atom. The number of methoxy groups -OCH3 is 1. The number of carbonyl (C=O) groups excluding carboxylic acids is 1. The molecule has 0 aliphatic rings. The Labute approximate surface area is 102 Å². The molecule has 7 heteroatoms. The Morgan fingerprint density at radius 3 is 2.72 bits per heavy atom. The van der Waals surface area contributed by atoms with Crippen LogP contribution in [-0.4, -0.2) is 24.7 Å². The van der Waals surface area contributed by atoms with Crippen molar-refractivity contribution in [2.24, 2.45) is 0 Å². The summed E-state index contributed by atoms with van der Waals surface area (Å²) in [4.78, 5) is 15.2. The Balaban J connectivity index is 3.51. The first-order chi connectivity index (χ1) is 8.56. The summed E-state index contributed by atoms with van der Waals surface area (Å²) in [5.74, 6) is -1.39. The highest BCUT2D eigenvalue weighted by atomic mass is 19.3. The molecular formula is C11H10F2N2O3. The summed E-state index contributed by atoms with van der Waals surface area (Å²) in [7, 11) is 1.15. The van der Waals surface area contributed by atoms with Crippen molar-refractivity contribution < 1.29 is 23.0 Å². The van der Waals surface area contributed by atoms with Gasteiger partial charge in [-0.05, 0) is 6.92 Å². The average Bonchev–Trinajstić information content (AvgIpc) is 2.36. The molecule has 0 unspecified atom stereocenters. The lowest BCUT2D eigenvalue weighted by Crippen LogP contribution is -2.13. The molecule has 0 saturated heterocycles. The van der Waals surface area contributed by atoms with Crippen LogP contribution in [0, 0.1) is 11.3 Å². The normalized spacial score (nSPS) is 10.0. The number of hydrogen-bond acceptors (Lipinski definition) is 5. The second-order valence-electron chi connectivity index (χ2n) is 3.10. The fraction of sp³-hybridized carbons (Fsp3) is 0.364. The van der Waals surface area contributed by atoms with Crippen molar-refractivity contribution in [1.82, 2.24) is 4.98 Å². The second kappa shape index (κ2) is 5.91. The van der Waals surface area contributed by atoms with Crippen LogP contribution in [0.3, 0.4) is 0 Å². The lowest BCUT2D eigenvalue weighted by Gasteiger charge is -2.12. The quantitative estimate of drug-likeness (QED) is 0.771. The van der Waals surface area contributed by atoms with E-state index in [0.717, 1.165) is 13.3 Å². The molecular weight excluding hydrogens is 246 g/mol. The first kappa shape index (κ1) is 13.8. The maximum Gasteiger partial charge on any atom is 0.340 e. The maximum absolute atomic E-state index is 13.0. The molecule has 0 radical (unpaired) electrons. The minimum Gasteiger partial charge on any atom is -0.481 e. The van der Waals surface area contributed by atoms with Gasteiger partial charge in [0, 0.05) is 6.20 Å². The summed E-state index contributed by atoms with van der Waals surface area (Å²) in [5.41, 5.74) is -1.50. The molecule has 0 saturated carbocycles. The number of rotatable bonds is 4. The lowest BCUT2D eigenvalue weighted by molar-refractivity contribution is 0.0513. The Bertz CT molecular complexity index is 498. The molecule has 0 amide bonds. The van der Waals surface area contributed by atoms with Crippen molar-refractivity contribution in [2.45, 2.75) is 13.3 Å². The van der Waals surface area contributed by atoms with Crippen LogP contribution in [0.5, 0.6) is 5.88 Å². The van der Waals surface area contributed by atoms with Crippen molar-refractivity contribution in [2.75, 3.05) is 13.7 Å². The molecule has 0 aliphatic heterocycles. The summed E-state index contributed by atoms with van der Waals surface area (Å²) >= 11 is 0. The average molecular weight is 256 g/mol. The topological polar surface area (TPSA) is 72.2 Å². The molecule has 0 bridgehead atoms. The number of nitrogens with zero attached hydrogens (tertiary/aromatic N) is 2. The number of pyridine rings is 1. The van der Waals surface area contributed by atoms with Crippen LogP contribution in [0.25, 0.3) is 0 Å². The highest BCUT2D eigenvalue weighted by Crippen LogP contribution is 2.32. The lowest BCUT2D eigenvalue weighted by atomic mass is 10.0. The first-order valence-electron chi connectivity index (χ1n) is 4.99. The molecule has 0 N–H and O–H groups in total. The van der Waals surface area contributed by atoms with Gasteiger partial charge in [-0.2, -0.15) is 5.26 Å². The van der Waals surface area contributed by atoms with Crippen LogP contribution in [0.15, 0.2) is 6.20 Å². The monoisotopic (exact) mass is 256 g/mol. The van der Waals surface area contributed by atoms with Crippen LogP contribution >= 0.6 is 0 Å². The van der Waals surface area contributed by atoms with Gasteiger partial charge in [0.2, 0.25) is 5.88 Å². The number of ether oxygens (including phenoxy) is 2. The summed E-state index contributed by atoms with van der Waals surface area (Å²) < 4.78 is 35.2. The van der Waals surface area contributed by atoms with Crippen molar-refractivity contribution in [3.63, 3.8) is 0 Å². The van der Waals surface area contributed by atoms with Gasteiger partial charge in [-0.15, -0.1) is 0 Å². The number of esters is 1. The van der Waals surface area contributed by atoms with Gasteiger partial charge in [-0.3, -0.25) is 0 Å². The molecule has 0 fully saturated rings. The predicted octanol–water partition coefficient (Wildman–Crippen LogP) is 2.08. The zero-order chi connectivity index (χ0) is 13.7. The van der Waals surface area contributed by atoms with Gasteiger partial charge in [0.05, 0.1) is 30.4 Å². The van der Waals surface area contributed by atoms with E-state index in [1.54, 1.807) is 6.07 Å². The van der Waals surface area contributed by atoms with Crippen LogP contribution in [0.1, 0.15) is 34.8 Å². The number of nitriles is 1. The SMILES string of the molecule is CCOC(=O)c1c(C#N)cnc(OC)c1C(F)F. The summed E-state index contributed by atoms with van der Waals surface area (Å²) in [5, 5.41) is 8.82. The van der Waals surface area contributed by atoms with Gasteiger partial charge < -0.3 is 9.47 Å². The third kappa shape index (κ3) is 2.53. The molecule has 0 aliphatic carbocycles. The standard InChI is InChI=1S/C11H10F2N2O3/c1-3-18-11(16)7-6(4-14)5-15-10(17-2)8(7)9(12)13/h5,9H,3H2,1-2H3. The van der Waals surface area contributed by atoms with E-state index in [2.05, 4.69) is 14.5 Å². The van der Waals surface area contributed by atoms with Crippen LogP contribution in [0.4, 0.5) is 8.78 Å². The van der Waals surface area contributed by atoms with Crippen molar-refractivity contribution in [3.05, 3.63) is 22.9 Å². The Kier molecular flexibility index (Phi) is 4.54. The Morgan fingerprint density at radius 2 is 2.28 bits per heavy atom. The zero-order valence-electron chi connectivity index (χ0n) is 9.74. The third-order valence-corrected chi connectivity index (χ3v) is 2.09. The van der Waals surface area contributed by atoms with E-state index in [9.17, 15) is 13.6 Å². The van der Waals surface area contributed by atoms with E-state index in [-0.39, 0.29) is 12.2 Å². The van der Waals surface area contributed by atoms with Gasteiger partial charge in [0.1, 0.15) is 6.07 Å². The predicted molar refractivity (Wildman–Crippen MR) is 56.4 cm³/mol. The fourth-order valence-corrected chi connectivity index (χ4v) is 1.38. The Hall–Kier alpha value is -2.23. The summed E-state index contributed by atoms with van der Waals surface area (Å²) in [6.07, 6.45) is -2.00. The molecule has 0 aromatic carbocycles. The molecule has 5 nitrogen and oxygen atoms in total.